The van der Waals surface area contributed by atoms with E-state index in [1.165, 1.54) is 0 Å². The third kappa shape index (κ3) is 4.66. The van der Waals surface area contributed by atoms with Crippen molar-refractivity contribution >= 4 is 11.6 Å². The van der Waals surface area contributed by atoms with Crippen molar-refractivity contribution in [2.45, 2.75) is 32.8 Å². The molecule has 134 valence electrons. The van der Waals surface area contributed by atoms with Gasteiger partial charge in [0, 0.05) is 6.07 Å². The molecule has 0 radical (unpaired) electrons. The molecule has 0 unspecified atom stereocenters. The Morgan fingerprint density at radius 1 is 0.960 bits per heavy atom. The largest absolute Gasteiger partial charge is 0.497 e. The van der Waals surface area contributed by atoms with Gasteiger partial charge in [0.15, 0.2) is 6.10 Å². The summed E-state index contributed by atoms with van der Waals surface area (Å²) in [5.74, 6) is 1.96. The lowest BCUT2D eigenvalue weighted by atomic mass is 10.0. The van der Waals surface area contributed by atoms with E-state index < -0.39 is 6.10 Å². The first kappa shape index (κ1) is 18.6. The summed E-state index contributed by atoms with van der Waals surface area (Å²) in [6, 6.07) is 13.0. The van der Waals surface area contributed by atoms with Gasteiger partial charge in [-0.3, -0.25) is 4.79 Å². The fourth-order valence-electron chi connectivity index (χ4n) is 2.45. The van der Waals surface area contributed by atoms with Gasteiger partial charge < -0.3 is 19.5 Å². The lowest BCUT2D eigenvalue weighted by Gasteiger charge is -2.19. The lowest BCUT2D eigenvalue weighted by Crippen LogP contribution is -2.30. The van der Waals surface area contributed by atoms with E-state index in [-0.39, 0.29) is 5.91 Å². The van der Waals surface area contributed by atoms with Crippen LogP contribution in [0, 0.1) is 0 Å². The van der Waals surface area contributed by atoms with Gasteiger partial charge in [0.25, 0.3) is 5.91 Å². The summed E-state index contributed by atoms with van der Waals surface area (Å²) in [5.41, 5.74) is 1.61. The van der Waals surface area contributed by atoms with Crippen LogP contribution in [0.3, 0.4) is 0 Å². The van der Waals surface area contributed by atoms with Crippen LogP contribution >= 0.6 is 0 Å². The summed E-state index contributed by atoms with van der Waals surface area (Å²) in [6.45, 7) is 5.90. The van der Waals surface area contributed by atoms with E-state index in [0.717, 1.165) is 11.3 Å². The minimum Gasteiger partial charge on any atom is -0.497 e. The Labute approximate surface area is 148 Å². The highest BCUT2D eigenvalue weighted by Crippen LogP contribution is 2.30. The predicted octanol–water partition coefficient (Wildman–Crippen LogP) is 4.23. The molecule has 2 rings (SSSR count). The van der Waals surface area contributed by atoms with Crippen LogP contribution in [-0.4, -0.2) is 26.2 Å². The summed E-state index contributed by atoms with van der Waals surface area (Å²) in [5, 5.41) is 2.84. The molecule has 25 heavy (non-hydrogen) atoms. The van der Waals surface area contributed by atoms with E-state index >= 15 is 0 Å². The Balaban J connectivity index is 2.14. The van der Waals surface area contributed by atoms with Gasteiger partial charge in [0.05, 0.1) is 19.9 Å². The van der Waals surface area contributed by atoms with Crippen LogP contribution in [0.15, 0.2) is 42.5 Å². The van der Waals surface area contributed by atoms with Crippen LogP contribution in [0.25, 0.3) is 0 Å². The SMILES string of the molecule is COc1ccc(OC)c(NC(=O)[C@@H](C)Oc2ccccc2C(C)C)c1. The van der Waals surface area contributed by atoms with Crippen molar-refractivity contribution in [3.8, 4) is 17.2 Å². The Morgan fingerprint density at radius 3 is 2.32 bits per heavy atom. The normalized spacial score (nSPS) is 11.8. The number of para-hydroxylation sites is 1. The summed E-state index contributed by atoms with van der Waals surface area (Å²) < 4.78 is 16.4. The molecule has 0 spiro atoms. The van der Waals surface area contributed by atoms with Crippen molar-refractivity contribution in [2.24, 2.45) is 0 Å². The highest BCUT2D eigenvalue weighted by atomic mass is 16.5. The number of amides is 1. The molecule has 2 aromatic carbocycles. The van der Waals surface area contributed by atoms with Crippen LogP contribution in [0.1, 0.15) is 32.3 Å². The monoisotopic (exact) mass is 343 g/mol. The fourth-order valence-corrected chi connectivity index (χ4v) is 2.45. The van der Waals surface area contributed by atoms with Gasteiger partial charge in [-0.1, -0.05) is 32.0 Å². The molecule has 1 amide bonds. The van der Waals surface area contributed by atoms with Gasteiger partial charge in [-0.15, -0.1) is 0 Å². The van der Waals surface area contributed by atoms with Crippen LogP contribution < -0.4 is 19.5 Å². The van der Waals surface area contributed by atoms with Gasteiger partial charge in [-0.05, 0) is 36.6 Å². The van der Waals surface area contributed by atoms with Crippen molar-refractivity contribution in [1.29, 1.82) is 0 Å². The minimum absolute atomic E-state index is 0.259. The quantitative estimate of drug-likeness (QED) is 0.817. The summed E-state index contributed by atoms with van der Waals surface area (Å²) >= 11 is 0. The van der Waals surface area contributed by atoms with Crippen molar-refractivity contribution in [3.63, 3.8) is 0 Å². The Kier molecular flexibility index (Phi) is 6.28. The zero-order valence-electron chi connectivity index (χ0n) is 15.3. The maximum atomic E-state index is 12.5. The second-order valence-corrected chi connectivity index (χ2v) is 6.01. The minimum atomic E-state index is -0.657. The topological polar surface area (TPSA) is 56.8 Å². The van der Waals surface area contributed by atoms with Crippen molar-refractivity contribution in [2.75, 3.05) is 19.5 Å². The molecule has 5 heteroatoms. The first-order chi connectivity index (χ1) is 12.0. The fraction of sp³-hybridized carbons (Fsp3) is 0.350. The molecule has 0 fully saturated rings. The molecule has 0 saturated carbocycles. The number of anilines is 1. The van der Waals surface area contributed by atoms with E-state index in [9.17, 15) is 4.79 Å². The molecule has 0 saturated heterocycles. The molecular weight excluding hydrogens is 318 g/mol. The summed E-state index contributed by atoms with van der Waals surface area (Å²) in [6.07, 6.45) is -0.657. The number of methoxy groups -OCH3 is 2. The highest BCUT2D eigenvalue weighted by molar-refractivity contribution is 5.95. The molecule has 0 aliphatic heterocycles. The number of benzene rings is 2. The van der Waals surface area contributed by atoms with Gasteiger partial charge in [-0.25, -0.2) is 0 Å². The Bertz CT molecular complexity index is 727. The molecule has 0 aliphatic carbocycles. The van der Waals surface area contributed by atoms with Crippen LogP contribution in [-0.2, 0) is 4.79 Å². The second-order valence-electron chi connectivity index (χ2n) is 6.01. The molecule has 1 N–H and O–H groups in total. The summed E-state index contributed by atoms with van der Waals surface area (Å²) in [7, 11) is 3.12. The molecule has 2 aromatic rings. The van der Waals surface area contributed by atoms with Crippen molar-refractivity contribution in [1.82, 2.24) is 0 Å². The zero-order chi connectivity index (χ0) is 18.4. The molecule has 0 aromatic heterocycles. The van der Waals surface area contributed by atoms with Gasteiger partial charge in [0.2, 0.25) is 0 Å². The van der Waals surface area contributed by atoms with Crippen LogP contribution in [0.4, 0.5) is 5.69 Å². The van der Waals surface area contributed by atoms with E-state index in [2.05, 4.69) is 19.2 Å². The zero-order valence-corrected chi connectivity index (χ0v) is 15.3. The molecule has 0 bridgehead atoms. The molecule has 0 heterocycles. The molecule has 0 aliphatic rings. The number of rotatable bonds is 7. The maximum absolute atomic E-state index is 12.5. The van der Waals surface area contributed by atoms with Crippen LogP contribution in [0.2, 0.25) is 0 Å². The van der Waals surface area contributed by atoms with Crippen LogP contribution in [0.5, 0.6) is 17.2 Å². The second kappa shape index (κ2) is 8.42. The number of ether oxygens (including phenoxy) is 3. The van der Waals surface area contributed by atoms with Crippen molar-refractivity contribution in [3.05, 3.63) is 48.0 Å². The first-order valence-electron chi connectivity index (χ1n) is 8.24. The number of carbonyl (C=O) groups excluding carboxylic acids is 1. The number of hydrogen-bond acceptors (Lipinski definition) is 4. The third-order valence-electron chi connectivity index (χ3n) is 3.88. The third-order valence-corrected chi connectivity index (χ3v) is 3.88. The standard InChI is InChI=1S/C20H25NO4/c1-13(2)16-8-6-7-9-18(16)25-14(3)20(22)21-17-12-15(23-4)10-11-19(17)24-5/h6-14H,1-5H3,(H,21,22)/t14-/m1/s1. The molecular formula is C20H25NO4. The number of nitrogens with one attached hydrogen (secondary N) is 1. The first-order valence-corrected chi connectivity index (χ1v) is 8.24. The highest BCUT2D eigenvalue weighted by Gasteiger charge is 2.19. The molecule has 5 nitrogen and oxygen atoms in total. The maximum Gasteiger partial charge on any atom is 0.265 e. The number of hydrogen-bond donors (Lipinski definition) is 1. The average molecular weight is 343 g/mol. The molecule has 1 atom stereocenters. The summed E-state index contributed by atoms with van der Waals surface area (Å²) in [4.78, 5) is 12.5. The predicted molar refractivity (Wildman–Crippen MR) is 98.8 cm³/mol. The van der Waals surface area contributed by atoms with E-state index in [0.29, 0.717) is 23.1 Å². The average Bonchev–Trinajstić information content (AvgIpc) is 2.61. The Morgan fingerprint density at radius 2 is 1.68 bits per heavy atom. The van der Waals surface area contributed by atoms with Crippen molar-refractivity contribution < 1.29 is 19.0 Å². The lowest BCUT2D eigenvalue weighted by molar-refractivity contribution is -0.122. The van der Waals surface area contributed by atoms with Gasteiger partial charge in [0.1, 0.15) is 17.2 Å². The van der Waals surface area contributed by atoms with Gasteiger partial charge >= 0.3 is 0 Å². The van der Waals surface area contributed by atoms with E-state index in [1.807, 2.05) is 24.3 Å². The van der Waals surface area contributed by atoms with E-state index in [1.54, 1.807) is 39.3 Å². The number of carbonyl (C=O) groups is 1. The van der Waals surface area contributed by atoms with Gasteiger partial charge in [-0.2, -0.15) is 0 Å². The van der Waals surface area contributed by atoms with E-state index in [4.69, 9.17) is 14.2 Å². The smallest absolute Gasteiger partial charge is 0.265 e. The Hall–Kier alpha value is -2.69.